The third-order valence-electron chi connectivity index (χ3n) is 6.07. The summed E-state index contributed by atoms with van der Waals surface area (Å²) < 4.78 is 10.6. The summed E-state index contributed by atoms with van der Waals surface area (Å²) in [4.78, 5) is 30.0. The molecule has 2 aromatic carbocycles. The second-order valence-electron chi connectivity index (χ2n) is 8.08. The average molecular weight is 471 g/mol. The van der Waals surface area contributed by atoms with Crippen molar-refractivity contribution in [1.82, 2.24) is 9.80 Å². The van der Waals surface area contributed by atoms with Crippen molar-refractivity contribution in [2.24, 2.45) is 0 Å². The van der Waals surface area contributed by atoms with Crippen LogP contribution in [0.15, 0.2) is 54.1 Å². The normalized spacial score (nSPS) is 20.9. The molecule has 0 aliphatic carbocycles. The Labute approximate surface area is 198 Å². The number of methoxy groups -OCH3 is 1. The number of carbonyl (C=O) groups excluding carboxylic acids is 2. The molecule has 2 aliphatic rings. The highest BCUT2D eigenvalue weighted by Crippen LogP contribution is 2.40. The summed E-state index contributed by atoms with van der Waals surface area (Å²) in [7, 11) is 1.58. The van der Waals surface area contributed by atoms with Crippen molar-refractivity contribution < 1.29 is 24.2 Å². The van der Waals surface area contributed by atoms with Crippen molar-refractivity contribution in [1.29, 1.82) is 0 Å². The predicted molar refractivity (Wildman–Crippen MR) is 125 cm³/mol. The molecule has 33 heavy (non-hydrogen) atoms. The summed E-state index contributed by atoms with van der Waals surface area (Å²) in [6.07, 6.45) is 0.709. The van der Waals surface area contributed by atoms with E-state index in [0.717, 1.165) is 25.2 Å². The fourth-order valence-electron chi connectivity index (χ4n) is 4.30. The summed E-state index contributed by atoms with van der Waals surface area (Å²) in [6, 6.07) is 13.1. The number of likely N-dealkylation sites (tertiary alicyclic amines) is 1. The monoisotopic (exact) mass is 470 g/mol. The molecule has 0 aromatic heterocycles. The fraction of sp³-hybridized carbons (Fsp3) is 0.360. The van der Waals surface area contributed by atoms with E-state index in [9.17, 15) is 14.7 Å². The number of hydrogen-bond donors (Lipinski definition) is 1. The van der Waals surface area contributed by atoms with Crippen LogP contribution in [-0.4, -0.2) is 73.1 Å². The third-order valence-corrected chi connectivity index (χ3v) is 6.32. The molecule has 2 aliphatic heterocycles. The van der Waals surface area contributed by atoms with Gasteiger partial charge in [-0.15, -0.1) is 0 Å². The van der Waals surface area contributed by atoms with Gasteiger partial charge in [-0.1, -0.05) is 23.7 Å². The van der Waals surface area contributed by atoms with E-state index in [-0.39, 0.29) is 11.3 Å². The first-order chi connectivity index (χ1) is 16.0. The molecule has 2 heterocycles. The van der Waals surface area contributed by atoms with E-state index < -0.39 is 17.7 Å². The number of benzene rings is 2. The van der Waals surface area contributed by atoms with Gasteiger partial charge in [-0.2, -0.15) is 0 Å². The van der Waals surface area contributed by atoms with E-state index >= 15 is 0 Å². The number of hydrogen-bond acceptors (Lipinski definition) is 6. The Bertz CT molecular complexity index is 1030. The molecule has 4 rings (SSSR count). The van der Waals surface area contributed by atoms with E-state index in [1.165, 1.54) is 0 Å². The fourth-order valence-corrected chi connectivity index (χ4v) is 4.42. The van der Waals surface area contributed by atoms with Crippen LogP contribution in [0.2, 0.25) is 5.02 Å². The van der Waals surface area contributed by atoms with Crippen LogP contribution in [0.25, 0.3) is 5.76 Å². The van der Waals surface area contributed by atoms with Gasteiger partial charge in [0.05, 0.1) is 31.9 Å². The van der Waals surface area contributed by atoms with Crippen molar-refractivity contribution in [3.05, 3.63) is 70.3 Å². The molecule has 2 saturated heterocycles. The molecule has 1 amide bonds. The molecule has 0 bridgehead atoms. The first-order valence-electron chi connectivity index (χ1n) is 11.0. The first-order valence-corrected chi connectivity index (χ1v) is 11.4. The minimum Gasteiger partial charge on any atom is -0.507 e. The average Bonchev–Trinajstić information content (AvgIpc) is 3.10. The van der Waals surface area contributed by atoms with Crippen LogP contribution < -0.4 is 4.74 Å². The predicted octanol–water partition coefficient (Wildman–Crippen LogP) is 3.49. The second kappa shape index (κ2) is 10.4. The molecule has 174 valence electrons. The van der Waals surface area contributed by atoms with E-state index in [1.54, 1.807) is 48.4 Å². The Balaban J connectivity index is 1.66. The van der Waals surface area contributed by atoms with Crippen molar-refractivity contribution >= 4 is 29.1 Å². The van der Waals surface area contributed by atoms with Crippen LogP contribution in [0.5, 0.6) is 5.75 Å². The summed E-state index contributed by atoms with van der Waals surface area (Å²) >= 11 is 5.97. The molecule has 2 aromatic rings. The van der Waals surface area contributed by atoms with Gasteiger partial charge < -0.3 is 19.5 Å². The lowest BCUT2D eigenvalue weighted by Crippen LogP contribution is -2.38. The smallest absolute Gasteiger partial charge is 0.295 e. The van der Waals surface area contributed by atoms with Crippen LogP contribution in [0.3, 0.4) is 0 Å². The van der Waals surface area contributed by atoms with Crippen molar-refractivity contribution in [3.8, 4) is 5.75 Å². The number of halogens is 1. The second-order valence-corrected chi connectivity index (χ2v) is 8.52. The zero-order valence-corrected chi connectivity index (χ0v) is 19.3. The zero-order chi connectivity index (χ0) is 23.4. The molecule has 7 nitrogen and oxygen atoms in total. The van der Waals surface area contributed by atoms with Gasteiger partial charge in [-0.25, -0.2) is 0 Å². The van der Waals surface area contributed by atoms with Gasteiger partial charge in [0.25, 0.3) is 11.7 Å². The topological polar surface area (TPSA) is 79.3 Å². The maximum Gasteiger partial charge on any atom is 0.295 e. The summed E-state index contributed by atoms with van der Waals surface area (Å²) in [6.45, 7) is 4.33. The van der Waals surface area contributed by atoms with Gasteiger partial charge in [-0.05, 0) is 48.4 Å². The molecular weight excluding hydrogens is 444 g/mol. The highest BCUT2D eigenvalue weighted by atomic mass is 35.5. The number of amides is 1. The molecule has 2 fully saturated rings. The molecule has 1 N–H and O–H groups in total. The lowest BCUT2D eigenvalue weighted by Gasteiger charge is -2.29. The minimum atomic E-state index is -0.686. The number of carbonyl (C=O) groups is 2. The molecule has 0 saturated carbocycles. The quantitative estimate of drug-likeness (QED) is 0.379. The van der Waals surface area contributed by atoms with E-state index in [4.69, 9.17) is 21.1 Å². The lowest BCUT2D eigenvalue weighted by atomic mass is 9.95. The highest BCUT2D eigenvalue weighted by Gasteiger charge is 2.45. The molecule has 0 spiro atoms. The van der Waals surface area contributed by atoms with E-state index in [2.05, 4.69) is 4.90 Å². The molecule has 0 radical (unpaired) electrons. The third kappa shape index (κ3) is 5.05. The Hall–Kier alpha value is -2.87. The maximum absolute atomic E-state index is 13.1. The van der Waals surface area contributed by atoms with E-state index in [1.807, 2.05) is 12.1 Å². The van der Waals surface area contributed by atoms with Crippen LogP contribution in [0.1, 0.15) is 23.6 Å². The summed E-state index contributed by atoms with van der Waals surface area (Å²) in [5.41, 5.74) is 1.25. The van der Waals surface area contributed by atoms with Crippen molar-refractivity contribution in [3.63, 3.8) is 0 Å². The molecular formula is C25H27ClN2O5. The Morgan fingerprint density at radius 3 is 2.36 bits per heavy atom. The van der Waals surface area contributed by atoms with Gasteiger partial charge in [0.1, 0.15) is 11.5 Å². The number of nitrogens with zero attached hydrogens (tertiary/aromatic N) is 2. The van der Waals surface area contributed by atoms with Gasteiger partial charge >= 0.3 is 0 Å². The van der Waals surface area contributed by atoms with Gasteiger partial charge in [0, 0.05) is 36.8 Å². The van der Waals surface area contributed by atoms with Crippen molar-refractivity contribution in [2.45, 2.75) is 12.5 Å². The van der Waals surface area contributed by atoms with Gasteiger partial charge in [0.15, 0.2) is 0 Å². The van der Waals surface area contributed by atoms with Gasteiger partial charge in [-0.3, -0.25) is 14.5 Å². The highest BCUT2D eigenvalue weighted by molar-refractivity contribution is 6.46. The minimum absolute atomic E-state index is 0.0823. The van der Waals surface area contributed by atoms with Crippen molar-refractivity contribution in [2.75, 3.05) is 46.5 Å². The Morgan fingerprint density at radius 1 is 1.06 bits per heavy atom. The molecule has 0 unspecified atom stereocenters. The molecule has 1 atom stereocenters. The SMILES string of the molecule is COc1ccc([C@H]2/C(=C(\O)c3ccc(Cl)cc3)C(=O)C(=O)N2CCCN2CCOCC2)cc1. The molecule has 8 heteroatoms. The van der Waals surface area contributed by atoms with Crippen LogP contribution in [-0.2, 0) is 14.3 Å². The Morgan fingerprint density at radius 2 is 1.73 bits per heavy atom. The number of rotatable bonds is 7. The van der Waals surface area contributed by atoms with Crippen LogP contribution in [0, 0.1) is 0 Å². The Kier molecular flexibility index (Phi) is 7.33. The summed E-state index contributed by atoms with van der Waals surface area (Å²) in [5.74, 6) is -0.829. The zero-order valence-electron chi connectivity index (χ0n) is 18.5. The van der Waals surface area contributed by atoms with Crippen LogP contribution >= 0.6 is 11.6 Å². The largest absolute Gasteiger partial charge is 0.507 e. The first kappa shape index (κ1) is 23.3. The number of ketones is 1. The number of aliphatic hydroxyl groups excluding tert-OH is 1. The van der Waals surface area contributed by atoms with E-state index in [0.29, 0.717) is 42.5 Å². The maximum atomic E-state index is 13.1. The number of morpholine rings is 1. The van der Waals surface area contributed by atoms with Gasteiger partial charge in [0.2, 0.25) is 0 Å². The van der Waals surface area contributed by atoms with Crippen LogP contribution in [0.4, 0.5) is 0 Å². The number of ether oxygens (including phenoxy) is 2. The number of Topliss-reactive ketones (excluding diaryl/α,β-unsaturated/α-hetero) is 1. The number of aliphatic hydroxyl groups is 1. The lowest BCUT2D eigenvalue weighted by molar-refractivity contribution is -0.140. The standard InChI is InChI=1S/C25H27ClN2O5/c1-32-20-9-5-17(6-10-20)22-21(23(29)18-3-7-19(26)8-4-18)24(30)25(31)28(22)12-2-11-27-13-15-33-16-14-27/h3-10,22,29H,2,11-16H2,1H3/b23-21+/t22-/m0/s1. The summed E-state index contributed by atoms with van der Waals surface area (Å²) in [5, 5.41) is 11.6.